The molecule has 1 N–H and O–H groups in total. The van der Waals surface area contributed by atoms with Crippen molar-refractivity contribution in [2.45, 2.75) is 191 Å². The van der Waals surface area contributed by atoms with Crippen LogP contribution in [0.25, 0.3) is 0 Å². The van der Waals surface area contributed by atoms with Crippen LogP contribution in [0.1, 0.15) is 182 Å². The molecule has 0 aliphatic carbocycles. The normalized spacial score (nSPS) is 26.0. The second-order valence-corrected chi connectivity index (χ2v) is 16.4. The van der Waals surface area contributed by atoms with Gasteiger partial charge in [-0.05, 0) is 61.5 Å². The van der Waals surface area contributed by atoms with Crippen LogP contribution in [0, 0.1) is 0 Å². The summed E-state index contributed by atoms with van der Waals surface area (Å²) in [5.74, 6) is 0.0427. The van der Waals surface area contributed by atoms with Crippen LogP contribution in [-0.2, 0) is 20.7 Å². The molecule has 0 saturated carbocycles. The molecule has 0 spiro atoms. The van der Waals surface area contributed by atoms with Crippen molar-refractivity contribution in [3.05, 3.63) is 23.3 Å². The second-order valence-electron chi connectivity index (χ2n) is 14.0. The summed E-state index contributed by atoms with van der Waals surface area (Å²) in [4.78, 5) is 0.193. The molecule has 2 atom stereocenters. The van der Waals surface area contributed by atoms with E-state index in [2.05, 4.69) is 47.6 Å². The predicted octanol–water partition coefficient (Wildman–Crippen LogP) is 10.9. The maximum atomic E-state index is 14.7. The van der Waals surface area contributed by atoms with Gasteiger partial charge in [-0.2, -0.15) is 0 Å². The predicted molar refractivity (Wildman–Crippen MR) is 169 cm³/mol. The van der Waals surface area contributed by atoms with E-state index in [0.717, 1.165) is 75.3 Å². The molecule has 226 valence electrons. The van der Waals surface area contributed by atoms with Gasteiger partial charge in [-0.15, -0.1) is 0 Å². The van der Waals surface area contributed by atoms with Crippen LogP contribution in [0.2, 0.25) is 0 Å². The Balaban J connectivity index is 2.77. The van der Waals surface area contributed by atoms with Gasteiger partial charge in [-0.25, -0.2) is 8.42 Å². The Morgan fingerprint density at radius 1 is 0.769 bits per heavy atom. The van der Waals surface area contributed by atoms with Crippen molar-refractivity contribution in [2.24, 2.45) is 0 Å². The van der Waals surface area contributed by atoms with Crippen molar-refractivity contribution in [3.63, 3.8) is 0 Å². The second kappa shape index (κ2) is 15.3. The van der Waals surface area contributed by atoms with Crippen LogP contribution >= 0.6 is 0 Å². The zero-order chi connectivity index (χ0) is 29.2. The minimum Gasteiger partial charge on any atom is -0.506 e. The molecule has 1 heterocycles. The quantitative estimate of drug-likeness (QED) is 0.336. The molecule has 1 aromatic carbocycles. The molecule has 4 heteroatoms. The number of hydrogen-bond acceptors (Lipinski definition) is 3. The van der Waals surface area contributed by atoms with Gasteiger partial charge in [0.05, 0.1) is 4.75 Å². The van der Waals surface area contributed by atoms with Crippen LogP contribution < -0.4 is 0 Å². The summed E-state index contributed by atoms with van der Waals surface area (Å²) >= 11 is 0. The molecule has 1 aromatic rings. The first-order chi connectivity index (χ1) is 18.4. The van der Waals surface area contributed by atoms with E-state index in [1.54, 1.807) is 0 Å². The van der Waals surface area contributed by atoms with Crippen LogP contribution in [0.3, 0.4) is 0 Å². The van der Waals surface area contributed by atoms with Gasteiger partial charge >= 0.3 is 0 Å². The topological polar surface area (TPSA) is 54.4 Å². The molecule has 0 saturated heterocycles. The molecule has 2 unspecified atom stereocenters. The van der Waals surface area contributed by atoms with Gasteiger partial charge in [0, 0.05) is 5.56 Å². The third-order valence-electron chi connectivity index (χ3n) is 9.78. The van der Waals surface area contributed by atoms with Gasteiger partial charge in [0.25, 0.3) is 0 Å². The largest absolute Gasteiger partial charge is 0.506 e. The summed E-state index contributed by atoms with van der Waals surface area (Å²) < 4.78 is 28.5. The fraction of sp³-hybridized carbons (Fsp3) is 0.829. The molecule has 2 rings (SSSR count). The highest BCUT2D eigenvalue weighted by molar-refractivity contribution is 7.93. The van der Waals surface area contributed by atoms with Gasteiger partial charge in [0.15, 0.2) is 9.84 Å². The number of unbranched alkanes of at least 4 members (excludes halogenated alkanes) is 2. The fourth-order valence-corrected chi connectivity index (χ4v) is 8.86. The minimum absolute atomic E-state index is 0.0427. The summed E-state index contributed by atoms with van der Waals surface area (Å²) in [6.45, 7) is 15.1. The SMILES string of the molecule is CCCCCC1(C)CCCCCCCCCCCCC(CC)(CCC)c2cc(C(C)(C)C)cc(c2O)S1(=O)=O. The standard InChI is InChI=1S/C35H62O3S/c1-8-11-20-24-34(7)25-21-18-16-14-12-13-15-17-19-22-26-35(10-3,23-9-2)30-27-29(33(4,5)6)28-31(32(30)36)39(34,37)38/h27-28,36H,8-26H2,1-7H3. The summed E-state index contributed by atoms with van der Waals surface area (Å²) in [7, 11) is -3.76. The number of phenolic OH excluding ortho intramolecular Hbond substituents is 1. The van der Waals surface area contributed by atoms with Gasteiger partial charge in [0.2, 0.25) is 0 Å². The molecule has 2 bridgehead atoms. The number of rotatable bonds is 7. The Morgan fingerprint density at radius 3 is 1.79 bits per heavy atom. The van der Waals surface area contributed by atoms with Crippen molar-refractivity contribution in [3.8, 4) is 5.75 Å². The first kappa shape index (κ1) is 34.2. The highest BCUT2D eigenvalue weighted by Crippen LogP contribution is 2.49. The smallest absolute Gasteiger partial charge is 0.187 e. The number of aromatic hydroxyl groups is 1. The van der Waals surface area contributed by atoms with Crippen LogP contribution in [-0.4, -0.2) is 18.3 Å². The molecule has 39 heavy (non-hydrogen) atoms. The first-order valence-corrected chi connectivity index (χ1v) is 18.0. The summed E-state index contributed by atoms with van der Waals surface area (Å²) in [5.41, 5.74) is 1.49. The van der Waals surface area contributed by atoms with Crippen molar-refractivity contribution < 1.29 is 13.5 Å². The van der Waals surface area contributed by atoms with E-state index in [1.165, 1.54) is 44.9 Å². The third kappa shape index (κ3) is 8.73. The molecular formula is C35H62O3S. The lowest BCUT2D eigenvalue weighted by Gasteiger charge is -2.37. The summed E-state index contributed by atoms with van der Waals surface area (Å²) in [5, 5.41) is 12.0. The molecular weight excluding hydrogens is 500 g/mol. The zero-order valence-electron chi connectivity index (χ0n) is 26.8. The molecule has 1 aliphatic heterocycles. The third-order valence-corrected chi connectivity index (χ3v) is 12.4. The Labute approximate surface area is 242 Å². The van der Waals surface area contributed by atoms with Gasteiger partial charge in [-0.1, -0.05) is 138 Å². The Hall–Kier alpha value is -1.03. The van der Waals surface area contributed by atoms with E-state index in [4.69, 9.17) is 0 Å². The van der Waals surface area contributed by atoms with Crippen molar-refractivity contribution >= 4 is 9.84 Å². The lowest BCUT2D eigenvalue weighted by Crippen LogP contribution is -2.36. The number of benzene rings is 1. The number of phenols is 1. The maximum absolute atomic E-state index is 14.7. The molecule has 1 aliphatic rings. The number of hydrogen-bond donors (Lipinski definition) is 1. The summed E-state index contributed by atoms with van der Waals surface area (Å²) in [6, 6.07) is 4.00. The first-order valence-electron chi connectivity index (χ1n) is 16.5. The monoisotopic (exact) mass is 562 g/mol. The van der Waals surface area contributed by atoms with E-state index < -0.39 is 14.6 Å². The lowest BCUT2D eigenvalue weighted by molar-refractivity contribution is 0.313. The highest BCUT2D eigenvalue weighted by atomic mass is 32.2. The van der Waals surface area contributed by atoms with E-state index >= 15 is 0 Å². The Kier molecular flexibility index (Phi) is 13.4. The van der Waals surface area contributed by atoms with Crippen molar-refractivity contribution in [2.75, 3.05) is 0 Å². The molecule has 0 radical (unpaired) electrons. The maximum Gasteiger partial charge on any atom is 0.187 e. The average molecular weight is 563 g/mol. The van der Waals surface area contributed by atoms with E-state index in [-0.39, 0.29) is 21.5 Å². The van der Waals surface area contributed by atoms with Crippen LogP contribution in [0.4, 0.5) is 0 Å². The average Bonchev–Trinajstić information content (AvgIpc) is 2.87. The van der Waals surface area contributed by atoms with Crippen molar-refractivity contribution in [1.29, 1.82) is 0 Å². The van der Waals surface area contributed by atoms with Gasteiger partial charge < -0.3 is 5.11 Å². The molecule has 3 nitrogen and oxygen atoms in total. The highest BCUT2D eigenvalue weighted by Gasteiger charge is 2.43. The number of fused-ring (bicyclic) bond motifs is 2. The minimum atomic E-state index is -3.76. The Morgan fingerprint density at radius 2 is 1.31 bits per heavy atom. The van der Waals surface area contributed by atoms with Crippen LogP contribution in [0.5, 0.6) is 5.75 Å². The molecule has 0 aromatic heterocycles. The van der Waals surface area contributed by atoms with E-state index in [1.807, 2.05) is 13.0 Å². The van der Waals surface area contributed by atoms with Crippen LogP contribution in [0.15, 0.2) is 17.0 Å². The lowest BCUT2D eigenvalue weighted by atomic mass is 9.69. The fourth-order valence-electron chi connectivity index (χ4n) is 6.85. The summed E-state index contributed by atoms with van der Waals surface area (Å²) in [6.07, 6.45) is 20.3. The van der Waals surface area contributed by atoms with E-state index in [0.29, 0.717) is 12.8 Å². The Bertz CT molecular complexity index is 974. The van der Waals surface area contributed by atoms with E-state index in [9.17, 15) is 13.5 Å². The van der Waals surface area contributed by atoms with Gasteiger partial charge in [0.1, 0.15) is 10.6 Å². The molecule has 0 amide bonds. The molecule has 0 fully saturated rings. The number of sulfone groups is 1. The van der Waals surface area contributed by atoms with Crippen molar-refractivity contribution in [1.82, 2.24) is 0 Å². The zero-order valence-corrected chi connectivity index (χ0v) is 27.6. The van der Waals surface area contributed by atoms with Gasteiger partial charge in [-0.3, -0.25) is 0 Å².